The van der Waals surface area contributed by atoms with E-state index in [-0.39, 0.29) is 12.4 Å². The lowest BCUT2D eigenvalue weighted by Crippen LogP contribution is -2.40. The Labute approximate surface area is 117 Å². The molecule has 0 aliphatic rings. The molecule has 0 saturated carbocycles. The highest BCUT2D eigenvalue weighted by Gasteiger charge is 2.04. The highest BCUT2D eigenvalue weighted by molar-refractivity contribution is 5.79. The van der Waals surface area contributed by atoms with E-state index >= 15 is 0 Å². The molecule has 7 heteroatoms. The summed E-state index contributed by atoms with van der Waals surface area (Å²) in [5.74, 6) is -0.718. The van der Waals surface area contributed by atoms with Crippen LogP contribution in [0.15, 0.2) is 23.2 Å². The number of guanidine groups is 1. The van der Waals surface area contributed by atoms with Crippen molar-refractivity contribution < 1.29 is 18.3 Å². The molecule has 0 spiro atoms. The maximum absolute atomic E-state index is 13.3. The van der Waals surface area contributed by atoms with Gasteiger partial charge in [0.2, 0.25) is 0 Å². The number of aliphatic imine (C=N–C) groups is 1. The van der Waals surface area contributed by atoms with Crippen molar-refractivity contribution >= 4 is 5.96 Å². The van der Waals surface area contributed by atoms with Crippen molar-refractivity contribution in [2.75, 3.05) is 40.5 Å². The van der Waals surface area contributed by atoms with Crippen molar-refractivity contribution in [1.29, 1.82) is 0 Å². The number of benzene rings is 1. The molecule has 0 radical (unpaired) electrons. The Morgan fingerprint density at radius 1 is 1.20 bits per heavy atom. The second-order valence-electron chi connectivity index (χ2n) is 3.84. The Bertz CT molecular complexity index is 442. The lowest BCUT2D eigenvalue weighted by atomic mass is 10.3. The van der Waals surface area contributed by atoms with Crippen LogP contribution in [0, 0.1) is 11.6 Å². The van der Waals surface area contributed by atoms with E-state index in [2.05, 4.69) is 15.6 Å². The molecule has 1 aromatic carbocycles. The minimum atomic E-state index is -0.715. The number of halogens is 2. The number of hydrogen-bond acceptors (Lipinski definition) is 3. The van der Waals surface area contributed by atoms with E-state index in [1.165, 1.54) is 6.07 Å². The zero-order valence-electron chi connectivity index (χ0n) is 11.6. The maximum atomic E-state index is 13.3. The van der Waals surface area contributed by atoms with Gasteiger partial charge in [-0.3, -0.25) is 4.99 Å². The SMILES string of the molecule is CN=C(NCCOC)NCCOc1ccc(F)cc1F. The van der Waals surface area contributed by atoms with E-state index in [0.717, 1.165) is 12.1 Å². The molecule has 20 heavy (non-hydrogen) atoms. The van der Waals surface area contributed by atoms with E-state index in [4.69, 9.17) is 9.47 Å². The van der Waals surface area contributed by atoms with Crippen molar-refractivity contribution in [1.82, 2.24) is 10.6 Å². The molecule has 0 fully saturated rings. The second-order valence-corrected chi connectivity index (χ2v) is 3.84. The molecule has 0 heterocycles. The van der Waals surface area contributed by atoms with Gasteiger partial charge in [-0.1, -0.05) is 0 Å². The Kier molecular flexibility index (Phi) is 7.34. The van der Waals surface area contributed by atoms with Crippen molar-refractivity contribution in [2.24, 2.45) is 4.99 Å². The average molecular weight is 287 g/mol. The van der Waals surface area contributed by atoms with Crippen molar-refractivity contribution in [3.8, 4) is 5.75 Å². The fraction of sp³-hybridized carbons (Fsp3) is 0.462. The standard InChI is InChI=1S/C13H19F2N3O2/c1-16-13(17-5-7-19-2)18-6-8-20-12-4-3-10(14)9-11(12)15/h3-4,9H,5-8H2,1-2H3,(H2,16,17,18). The van der Waals surface area contributed by atoms with Crippen molar-refractivity contribution in [3.05, 3.63) is 29.8 Å². The second kappa shape index (κ2) is 9.08. The third kappa shape index (κ3) is 5.83. The van der Waals surface area contributed by atoms with Crippen LogP contribution in [-0.2, 0) is 4.74 Å². The number of nitrogens with one attached hydrogen (secondary N) is 2. The number of methoxy groups -OCH3 is 1. The van der Waals surface area contributed by atoms with Crippen LogP contribution < -0.4 is 15.4 Å². The number of nitrogens with zero attached hydrogens (tertiary/aromatic N) is 1. The molecule has 0 aromatic heterocycles. The summed E-state index contributed by atoms with van der Waals surface area (Å²) in [4.78, 5) is 3.99. The topological polar surface area (TPSA) is 54.9 Å². The van der Waals surface area contributed by atoms with E-state index < -0.39 is 11.6 Å². The van der Waals surface area contributed by atoms with Gasteiger partial charge in [0.1, 0.15) is 12.4 Å². The summed E-state index contributed by atoms with van der Waals surface area (Å²) in [7, 11) is 3.26. The molecule has 0 amide bonds. The summed E-state index contributed by atoms with van der Waals surface area (Å²) in [5.41, 5.74) is 0. The Balaban J connectivity index is 2.26. The predicted molar refractivity (Wildman–Crippen MR) is 73.1 cm³/mol. The summed E-state index contributed by atoms with van der Waals surface area (Å²) >= 11 is 0. The molecular formula is C13H19F2N3O2. The normalized spacial score (nSPS) is 11.3. The smallest absolute Gasteiger partial charge is 0.191 e. The largest absolute Gasteiger partial charge is 0.489 e. The fourth-order valence-corrected chi connectivity index (χ4v) is 1.41. The van der Waals surface area contributed by atoms with Crippen LogP contribution in [-0.4, -0.2) is 46.4 Å². The Morgan fingerprint density at radius 3 is 2.50 bits per heavy atom. The molecule has 2 N–H and O–H groups in total. The number of hydrogen-bond donors (Lipinski definition) is 2. The zero-order chi connectivity index (χ0) is 14.8. The molecule has 5 nitrogen and oxygen atoms in total. The number of rotatable bonds is 7. The summed E-state index contributed by atoms with van der Waals surface area (Å²) in [6.45, 7) is 1.86. The minimum absolute atomic E-state index is 0.0236. The molecule has 1 aromatic rings. The monoisotopic (exact) mass is 287 g/mol. The van der Waals surface area contributed by atoms with E-state index in [9.17, 15) is 8.78 Å². The lowest BCUT2D eigenvalue weighted by Gasteiger charge is -2.12. The van der Waals surface area contributed by atoms with Crippen LogP contribution in [0.2, 0.25) is 0 Å². The van der Waals surface area contributed by atoms with Crippen LogP contribution >= 0.6 is 0 Å². The average Bonchev–Trinajstić information content (AvgIpc) is 2.43. The quantitative estimate of drug-likeness (QED) is 0.449. The van der Waals surface area contributed by atoms with Gasteiger partial charge >= 0.3 is 0 Å². The first kappa shape index (κ1) is 16.2. The van der Waals surface area contributed by atoms with Crippen LogP contribution in [0.5, 0.6) is 5.75 Å². The highest BCUT2D eigenvalue weighted by Crippen LogP contribution is 2.17. The first-order chi connectivity index (χ1) is 9.67. The fourth-order valence-electron chi connectivity index (χ4n) is 1.41. The molecule has 0 aliphatic carbocycles. The lowest BCUT2D eigenvalue weighted by molar-refractivity contribution is 0.203. The summed E-state index contributed by atoms with van der Waals surface area (Å²) in [6.07, 6.45) is 0. The van der Waals surface area contributed by atoms with Crippen molar-refractivity contribution in [2.45, 2.75) is 0 Å². The van der Waals surface area contributed by atoms with Gasteiger partial charge < -0.3 is 20.1 Å². The van der Waals surface area contributed by atoms with Crippen LogP contribution in [0.3, 0.4) is 0 Å². The molecule has 0 atom stereocenters. The molecule has 0 aliphatic heterocycles. The number of ether oxygens (including phenoxy) is 2. The highest BCUT2D eigenvalue weighted by atomic mass is 19.1. The van der Waals surface area contributed by atoms with Crippen LogP contribution in [0.25, 0.3) is 0 Å². The molecule has 0 unspecified atom stereocenters. The van der Waals surface area contributed by atoms with Gasteiger partial charge in [-0.2, -0.15) is 0 Å². The van der Waals surface area contributed by atoms with Crippen molar-refractivity contribution in [3.63, 3.8) is 0 Å². The van der Waals surface area contributed by atoms with E-state index in [1.54, 1.807) is 14.2 Å². The minimum Gasteiger partial charge on any atom is -0.489 e. The molecule has 112 valence electrons. The molecule has 1 rings (SSSR count). The third-order valence-electron chi connectivity index (χ3n) is 2.37. The van der Waals surface area contributed by atoms with Gasteiger partial charge in [0.15, 0.2) is 17.5 Å². The molecular weight excluding hydrogens is 268 g/mol. The third-order valence-corrected chi connectivity index (χ3v) is 2.37. The zero-order valence-corrected chi connectivity index (χ0v) is 11.6. The van der Waals surface area contributed by atoms with Gasteiger partial charge in [0, 0.05) is 26.8 Å². The van der Waals surface area contributed by atoms with Crippen LogP contribution in [0.4, 0.5) is 8.78 Å². The summed E-state index contributed by atoms with van der Waals surface area (Å²) in [6, 6.07) is 3.20. The van der Waals surface area contributed by atoms with E-state index in [1.807, 2.05) is 0 Å². The van der Waals surface area contributed by atoms with Gasteiger partial charge in [-0.15, -0.1) is 0 Å². The Hall–Kier alpha value is -1.89. The molecule has 0 saturated heterocycles. The van der Waals surface area contributed by atoms with Gasteiger partial charge in [0.25, 0.3) is 0 Å². The Morgan fingerprint density at radius 2 is 1.90 bits per heavy atom. The van der Waals surface area contributed by atoms with Gasteiger partial charge in [0.05, 0.1) is 13.2 Å². The van der Waals surface area contributed by atoms with Gasteiger partial charge in [-0.25, -0.2) is 8.78 Å². The van der Waals surface area contributed by atoms with Gasteiger partial charge in [-0.05, 0) is 12.1 Å². The maximum Gasteiger partial charge on any atom is 0.191 e. The summed E-state index contributed by atoms with van der Waals surface area (Å²) in [5, 5.41) is 6.01. The van der Waals surface area contributed by atoms with E-state index in [0.29, 0.717) is 25.7 Å². The first-order valence-electron chi connectivity index (χ1n) is 6.18. The molecule has 0 bridgehead atoms. The predicted octanol–water partition coefficient (Wildman–Crippen LogP) is 1.15. The first-order valence-corrected chi connectivity index (χ1v) is 6.18. The van der Waals surface area contributed by atoms with Crippen LogP contribution in [0.1, 0.15) is 0 Å². The summed E-state index contributed by atoms with van der Waals surface area (Å²) < 4.78 is 36.1.